The molecule has 0 saturated heterocycles. The molecule has 0 aliphatic carbocycles. The molecule has 0 amide bonds. The van der Waals surface area contributed by atoms with Crippen molar-refractivity contribution in [1.29, 1.82) is 0 Å². The van der Waals surface area contributed by atoms with Crippen molar-refractivity contribution in [3.63, 3.8) is 0 Å². The molecular formula is C10H17NOS. The van der Waals surface area contributed by atoms with E-state index in [1.165, 1.54) is 5.56 Å². The van der Waals surface area contributed by atoms with Crippen molar-refractivity contribution in [2.45, 2.75) is 19.4 Å². The number of hydrogen-bond acceptors (Lipinski definition) is 3. The van der Waals surface area contributed by atoms with Gasteiger partial charge in [0.15, 0.2) is 0 Å². The van der Waals surface area contributed by atoms with Crippen molar-refractivity contribution in [3.05, 3.63) is 22.4 Å². The van der Waals surface area contributed by atoms with E-state index in [1.807, 2.05) is 14.0 Å². The minimum atomic E-state index is 0.439. The average molecular weight is 199 g/mol. The molecule has 1 heterocycles. The van der Waals surface area contributed by atoms with Crippen LogP contribution in [0.3, 0.4) is 0 Å². The van der Waals surface area contributed by atoms with E-state index in [2.05, 4.69) is 22.1 Å². The smallest absolute Gasteiger partial charge is 0.0622 e. The number of thiophene rings is 1. The maximum Gasteiger partial charge on any atom is 0.0622 e. The molecule has 1 aromatic heterocycles. The molecule has 0 saturated carbocycles. The minimum Gasteiger partial charge on any atom is -0.380 e. The zero-order valence-corrected chi connectivity index (χ0v) is 9.06. The van der Waals surface area contributed by atoms with Gasteiger partial charge in [-0.3, -0.25) is 0 Å². The molecule has 0 aromatic carbocycles. The molecule has 1 rings (SSSR count). The van der Waals surface area contributed by atoms with Crippen LogP contribution in [0.4, 0.5) is 0 Å². The lowest BCUT2D eigenvalue weighted by atomic mass is 10.1. The van der Waals surface area contributed by atoms with Crippen LogP contribution in [-0.4, -0.2) is 26.3 Å². The summed E-state index contributed by atoms with van der Waals surface area (Å²) in [5, 5.41) is 7.56. The maximum absolute atomic E-state index is 5.38. The molecule has 3 heteroatoms. The van der Waals surface area contributed by atoms with Crippen LogP contribution in [0.1, 0.15) is 12.5 Å². The first-order valence-corrected chi connectivity index (χ1v) is 5.57. The van der Waals surface area contributed by atoms with Crippen LogP contribution in [0, 0.1) is 0 Å². The molecule has 1 N–H and O–H groups in total. The molecule has 0 spiro atoms. The quantitative estimate of drug-likeness (QED) is 0.755. The van der Waals surface area contributed by atoms with Crippen molar-refractivity contribution in [1.82, 2.24) is 5.32 Å². The Kier molecular flexibility index (Phi) is 5.05. The summed E-state index contributed by atoms with van der Waals surface area (Å²) in [5.74, 6) is 0. The fourth-order valence-corrected chi connectivity index (χ4v) is 1.88. The highest BCUT2D eigenvalue weighted by atomic mass is 32.1. The van der Waals surface area contributed by atoms with Crippen molar-refractivity contribution >= 4 is 11.3 Å². The predicted octanol–water partition coefficient (Wildman–Crippen LogP) is 1.92. The molecule has 2 nitrogen and oxygen atoms in total. The molecule has 0 fully saturated rings. The van der Waals surface area contributed by atoms with Gasteiger partial charge in [-0.1, -0.05) is 0 Å². The zero-order chi connectivity index (χ0) is 9.52. The summed E-state index contributed by atoms with van der Waals surface area (Å²) in [6.45, 7) is 3.61. The van der Waals surface area contributed by atoms with Crippen LogP contribution < -0.4 is 5.32 Å². The van der Waals surface area contributed by atoms with Crippen molar-refractivity contribution in [3.8, 4) is 0 Å². The molecule has 74 valence electrons. The van der Waals surface area contributed by atoms with E-state index in [1.54, 1.807) is 11.3 Å². The summed E-state index contributed by atoms with van der Waals surface area (Å²) in [6.07, 6.45) is 1.06. The van der Waals surface area contributed by atoms with Crippen LogP contribution in [0.15, 0.2) is 16.8 Å². The molecule has 13 heavy (non-hydrogen) atoms. The standard InChI is InChI=1S/C10H17NOS/c1-3-12-7-10(11-2)6-9-4-5-13-8-9/h4-5,8,10-11H,3,6-7H2,1-2H3. The van der Waals surface area contributed by atoms with E-state index in [9.17, 15) is 0 Å². The van der Waals surface area contributed by atoms with E-state index in [-0.39, 0.29) is 0 Å². The van der Waals surface area contributed by atoms with Crippen LogP contribution in [0.25, 0.3) is 0 Å². The molecular weight excluding hydrogens is 182 g/mol. The Balaban J connectivity index is 2.31. The molecule has 1 aromatic rings. The summed E-state index contributed by atoms with van der Waals surface area (Å²) in [4.78, 5) is 0. The molecule has 0 aliphatic heterocycles. The number of likely N-dealkylation sites (N-methyl/N-ethyl adjacent to an activating group) is 1. The second-order valence-electron chi connectivity index (χ2n) is 2.98. The van der Waals surface area contributed by atoms with Crippen molar-refractivity contribution < 1.29 is 4.74 Å². The Hall–Kier alpha value is -0.380. The lowest BCUT2D eigenvalue weighted by molar-refractivity contribution is 0.125. The minimum absolute atomic E-state index is 0.439. The SMILES string of the molecule is CCOCC(Cc1ccsc1)NC. The molecule has 0 aliphatic rings. The molecule has 0 radical (unpaired) electrons. The monoisotopic (exact) mass is 199 g/mol. The zero-order valence-electron chi connectivity index (χ0n) is 8.25. The van der Waals surface area contributed by atoms with Gasteiger partial charge in [0.05, 0.1) is 6.61 Å². The van der Waals surface area contributed by atoms with Crippen molar-refractivity contribution in [2.75, 3.05) is 20.3 Å². The first-order chi connectivity index (χ1) is 6.36. The summed E-state index contributed by atoms with van der Waals surface area (Å²) >= 11 is 1.75. The summed E-state index contributed by atoms with van der Waals surface area (Å²) in [7, 11) is 1.98. The van der Waals surface area contributed by atoms with Crippen LogP contribution in [0.5, 0.6) is 0 Å². The highest BCUT2D eigenvalue weighted by Gasteiger charge is 2.06. The Bertz CT molecular complexity index is 211. The highest BCUT2D eigenvalue weighted by Crippen LogP contribution is 2.08. The number of rotatable bonds is 6. The van der Waals surface area contributed by atoms with Gasteiger partial charge in [0, 0.05) is 12.6 Å². The fraction of sp³-hybridized carbons (Fsp3) is 0.600. The first-order valence-electron chi connectivity index (χ1n) is 4.63. The van der Waals surface area contributed by atoms with Gasteiger partial charge in [0.25, 0.3) is 0 Å². The third kappa shape index (κ3) is 3.89. The normalized spacial score (nSPS) is 13.1. The average Bonchev–Trinajstić information content (AvgIpc) is 2.64. The van der Waals surface area contributed by atoms with Gasteiger partial charge in [-0.15, -0.1) is 0 Å². The van der Waals surface area contributed by atoms with Gasteiger partial charge in [-0.05, 0) is 42.8 Å². The van der Waals surface area contributed by atoms with Gasteiger partial charge in [0.2, 0.25) is 0 Å². The summed E-state index contributed by atoms with van der Waals surface area (Å²) < 4.78 is 5.38. The predicted molar refractivity (Wildman–Crippen MR) is 57.4 cm³/mol. The largest absolute Gasteiger partial charge is 0.380 e. The Morgan fingerprint density at radius 1 is 1.62 bits per heavy atom. The lowest BCUT2D eigenvalue weighted by Gasteiger charge is -2.14. The third-order valence-electron chi connectivity index (χ3n) is 1.99. The Labute approximate surface area is 83.9 Å². The van der Waals surface area contributed by atoms with E-state index in [4.69, 9.17) is 4.74 Å². The Morgan fingerprint density at radius 3 is 3.00 bits per heavy atom. The van der Waals surface area contributed by atoms with E-state index < -0.39 is 0 Å². The number of nitrogens with one attached hydrogen (secondary N) is 1. The number of hydrogen-bond donors (Lipinski definition) is 1. The second-order valence-corrected chi connectivity index (χ2v) is 3.76. The van der Waals surface area contributed by atoms with Gasteiger partial charge < -0.3 is 10.1 Å². The number of ether oxygens (including phenoxy) is 1. The Morgan fingerprint density at radius 2 is 2.46 bits per heavy atom. The third-order valence-corrected chi connectivity index (χ3v) is 2.73. The van der Waals surface area contributed by atoms with Crippen molar-refractivity contribution in [2.24, 2.45) is 0 Å². The van der Waals surface area contributed by atoms with Gasteiger partial charge >= 0.3 is 0 Å². The maximum atomic E-state index is 5.38. The lowest BCUT2D eigenvalue weighted by Crippen LogP contribution is -2.32. The van der Waals surface area contributed by atoms with E-state index in [0.29, 0.717) is 6.04 Å². The van der Waals surface area contributed by atoms with E-state index >= 15 is 0 Å². The first kappa shape index (κ1) is 10.7. The van der Waals surface area contributed by atoms with E-state index in [0.717, 1.165) is 19.6 Å². The molecule has 1 atom stereocenters. The molecule has 1 unspecified atom stereocenters. The highest BCUT2D eigenvalue weighted by molar-refractivity contribution is 7.07. The van der Waals surface area contributed by atoms with Crippen LogP contribution in [-0.2, 0) is 11.2 Å². The fourth-order valence-electron chi connectivity index (χ4n) is 1.20. The van der Waals surface area contributed by atoms with Crippen LogP contribution in [0.2, 0.25) is 0 Å². The molecule has 0 bridgehead atoms. The second kappa shape index (κ2) is 6.13. The van der Waals surface area contributed by atoms with Crippen LogP contribution >= 0.6 is 11.3 Å². The topological polar surface area (TPSA) is 21.3 Å². The van der Waals surface area contributed by atoms with Gasteiger partial charge in [-0.25, -0.2) is 0 Å². The van der Waals surface area contributed by atoms with Gasteiger partial charge in [-0.2, -0.15) is 11.3 Å². The summed E-state index contributed by atoms with van der Waals surface area (Å²) in [6, 6.07) is 2.61. The van der Waals surface area contributed by atoms with Gasteiger partial charge in [0.1, 0.15) is 0 Å². The summed E-state index contributed by atoms with van der Waals surface area (Å²) in [5.41, 5.74) is 1.39.